The quantitative estimate of drug-likeness (QED) is 0.939. The van der Waals surface area contributed by atoms with Crippen molar-refractivity contribution in [1.29, 1.82) is 0 Å². The summed E-state index contributed by atoms with van der Waals surface area (Å²) < 4.78 is 28.6. The van der Waals surface area contributed by atoms with Crippen LogP contribution in [0.25, 0.3) is 11.2 Å². The van der Waals surface area contributed by atoms with Gasteiger partial charge < -0.3 is 14.4 Å². The third kappa shape index (κ3) is 2.69. The fourth-order valence-electron chi connectivity index (χ4n) is 3.11. The highest BCUT2D eigenvalue weighted by Gasteiger charge is 2.35. The SMILES string of the molecule is C=C(c1c(C)c(C(=O)O)cc2cccn12)N1CCC(F)(F)CC1. The number of carboxylic acid groups (broad SMARTS) is 1. The molecule has 0 atom stereocenters. The normalized spacial score (nSPS) is 17.4. The summed E-state index contributed by atoms with van der Waals surface area (Å²) in [6, 6.07) is 5.24. The largest absolute Gasteiger partial charge is 0.478 e. The molecule has 122 valence electrons. The van der Waals surface area contributed by atoms with E-state index in [1.807, 2.05) is 27.6 Å². The van der Waals surface area contributed by atoms with Crippen molar-refractivity contribution in [1.82, 2.24) is 9.30 Å². The Morgan fingerprint density at radius 3 is 2.61 bits per heavy atom. The second-order valence-corrected chi connectivity index (χ2v) is 5.93. The van der Waals surface area contributed by atoms with Gasteiger partial charge in [-0.05, 0) is 30.7 Å². The first kappa shape index (κ1) is 15.5. The number of likely N-dealkylation sites (tertiary alicyclic amines) is 1. The van der Waals surface area contributed by atoms with E-state index in [1.54, 1.807) is 13.0 Å². The van der Waals surface area contributed by atoms with Crippen LogP contribution in [0.15, 0.2) is 31.0 Å². The smallest absolute Gasteiger partial charge is 0.336 e. The maximum absolute atomic E-state index is 13.4. The number of carbonyl (C=O) groups is 1. The number of fused-ring (bicyclic) bond motifs is 1. The molecule has 0 aromatic carbocycles. The molecule has 2 aromatic heterocycles. The summed E-state index contributed by atoms with van der Waals surface area (Å²) in [6.07, 6.45) is 1.41. The predicted molar refractivity (Wildman–Crippen MR) is 83.9 cm³/mol. The Bertz CT molecular complexity index is 785. The Hall–Kier alpha value is -2.37. The highest BCUT2D eigenvalue weighted by Crippen LogP contribution is 2.33. The molecule has 2 aromatic rings. The molecule has 0 radical (unpaired) electrons. The maximum atomic E-state index is 13.4. The summed E-state index contributed by atoms with van der Waals surface area (Å²) in [5.74, 6) is -3.64. The van der Waals surface area contributed by atoms with Crippen LogP contribution < -0.4 is 0 Å². The second kappa shape index (κ2) is 5.37. The van der Waals surface area contributed by atoms with Crippen LogP contribution in [-0.4, -0.2) is 39.4 Å². The van der Waals surface area contributed by atoms with E-state index in [9.17, 15) is 18.7 Å². The number of aromatic nitrogens is 1. The monoisotopic (exact) mass is 320 g/mol. The fraction of sp³-hybridized carbons (Fsp3) is 0.353. The number of pyridine rings is 1. The summed E-state index contributed by atoms with van der Waals surface area (Å²) in [5.41, 5.74) is 2.78. The molecule has 6 heteroatoms. The number of hydrogen-bond acceptors (Lipinski definition) is 2. The first-order valence-corrected chi connectivity index (χ1v) is 7.46. The zero-order valence-corrected chi connectivity index (χ0v) is 12.9. The summed E-state index contributed by atoms with van der Waals surface area (Å²) in [7, 11) is 0. The van der Waals surface area contributed by atoms with Crippen LogP contribution in [0, 0.1) is 6.92 Å². The Morgan fingerprint density at radius 1 is 1.35 bits per heavy atom. The van der Waals surface area contributed by atoms with E-state index in [4.69, 9.17) is 0 Å². The zero-order valence-electron chi connectivity index (χ0n) is 12.9. The lowest BCUT2D eigenvalue weighted by Crippen LogP contribution is -2.38. The molecule has 4 nitrogen and oxygen atoms in total. The van der Waals surface area contributed by atoms with Crippen molar-refractivity contribution in [3.63, 3.8) is 0 Å². The molecule has 3 heterocycles. The molecular formula is C17H18F2N2O2. The topological polar surface area (TPSA) is 44.9 Å². The van der Waals surface area contributed by atoms with Gasteiger partial charge in [0.05, 0.1) is 17.0 Å². The molecule has 23 heavy (non-hydrogen) atoms. The number of nitrogens with zero attached hydrogens (tertiary/aromatic N) is 2. The van der Waals surface area contributed by atoms with Crippen molar-refractivity contribution >= 4 is 17.2 Å². The first-order valence-electron chi connectivity index (χ1n) is 7.46. The number of rotatable bonds is 3. The van der Waals surface area contributed by atoms with E-state index >= 15 is 0 Å². The van der Waals surface area contributed by atoms with Gasteiger partial charge in [0.2, 0.25) is 0 Å². The standard InChI is InChI=1S/C17H18F2N2O2/c1-11-14(16(22)23)10-13-4-3-7-21(13)15(11)12(2)20-8-5-17(18,19)6-9-20/h3-4,7,10H,2,5-6,8-9H2,1H3,(H,22,23). The molecule has 0 saturated carbocycles. The summed E-state index contributed by atoms with van der Waals surface area (Å²) in [6.45, 7) is 6.21. The van der Waals surface area contributed by atoms with Crippen molar-refractivity contribution in [3.8, 4) is 0 Å². The molecule has 0 aliphatic carbocycles. The van der Waals surface area contributed by atoms with E-state index < -0.39 is 11.9 Å². The van der Waals surface area contributed by atoms with Gasteiger partial charge in [-0.15, -0.1) is 0 Å². The van der Waals surface area contributed by atoms with Gasteiger partial charge >= 0.3 is 5.97 Å². The Labute approximate surface area is 132 Å². The number of carboxylic acids is 1. The average Bonchev–Trinajstić information content (AvgIpc) is 2.93. The van der Waals surface area contributed by atoms with Gasteiger partial charge in [-0.3, -0.25) is 0 Å². The third-order valence-electron chi connectivity index (χ3n) is 4.45. The fourth-order valence-corrected chi connectivity index (χ4v) is 3.11. The molecule has 1 aliphatic heterocycles. The minimum absolute atomic E-state index is 0.203. The van der Waals surface area contributed by atoms with E-state index in [1.165, 1.54) is 0 Å². The molecule has 1 fully saturated rings. The Kier molecular flexibility index (Phi) is 3.62. The lowest BCUT2D eigenvalue weighted by atomic mass is 10.0. The van der Waals surface area contributed by atoms with Crippen molar-refractivity contribution in [2.45, 2.75) is 25.7 Å². The average molecular weight is 320 g/mol. The van der Waals surface area contributed by atoms with Crippen LogP contribution in [-0.2, 0) is 0 Å². The number of piperidine rings is 1. The number of aromatic carboxylic acids is 1. The van der Waals surface area contributed by atoms with Gasteiger partial charge in [0.15, 0.2) is 0 Å². The van der Waals surface area contributed by atoms with Crippen molar-refractivity contribution < 1.29 is 18.7 Å². The minimum Gasteiger partial charge on any atom is -0.478 e. The van der Waals surface area contributed by atoms with Gasteiger partial charge in [-0.2, -0.15) is 0 Å². The Morgan fingerprint density at radius 2 is 2.00 bits per heavy atom. The minimum atomic E-state index is -2.63. The molecule has 1 N–H and O–H groups in total. The molecule has 0 spiro atoms. The second-order valence-electron chi connectivity index (χ2n) is 5.93. The molecule has 3 rings (SSSR count). The van der Waals surface area contributed by atoms with Crippen molar-refractivity contribution in [2.24, 2.45) is 0 Å². The van der Waals surface area contributed by atoms with Crippen molar-refractivity contribution in [2.75, 3.05) is 13.1 Å². The maximum Gasteiger partial charge on any atom is 0.336 e. The molecule has 1 saturated heterocycles. The van der Waals surface area contributed by atoms with E-state index in [-0.39, 0.29) is 31.5 Å². The molecule has 1 aliphatic rings. The van der Waals surface area contributed by atoms with Crippen molar-refractivity contribution in [3.05, 3.63) is 47.8 Å². The third-order valence-corrected chi connectivity index (χ3v) is 4.45. The van der Waals surface area contributed by atoms with E-state index in [2.05, 4.69) is 6.58 Å². The van der Waals surface area contributed by atoms with Crippen LogP contribution in [0.1, 0.15) is 34.5 Å². The zero-order chi connectivity index (χ0) is 16.8. The van der Waals surface area contributed by atoms with Gasteiger partial charge in [0.25, 0.3) is 5.92 Å². The van der Waals surface area contributed by atoms with E-state index in [0.29, 0.717) is 17.0 Å². The van der Waals surface area contributed by atoms with Gasteiger partial charge in [0, 0.05) is 37.6 Å². The highest BCUT2D eigenvalue weighted by molar-refractivity contribution is 5.92. The van der Waals surface area contributed by atoms with Crippen LogP contribution in [0.3, 0.4) is 0 Å². The summed E-state index contributed by atoms with van der Waals surface area (Å²) in [5, 5.41) is 9.40. The van der Waals surface area contributed by atoms with Gasteiger partial charge in [0.1, 0.15) is 0 Å². The van der Waals surface area contributed by atoms with Crippen LogP contribution in [0.5, 0.6) is 0 Å². The molecule has 0 amide bonds. The van der Waals surface area contributed by atoms with E-state index in [0.717, 1.165) is 5.52 Å². The first-order chi connectivity index (χ1) is 10.8. The Balaban J connectivity index is 2.05. The lowest BCUT2D eigenvalue weighted by Gasteiger charge is -2.35. The molecule has 0 unspecified atom stereocenters. The van der Waals surface area contributed by atoms with Crippen LogP contribution in [0.4, 0.5) is 8.78 Å². The number of hydrogen-bond donors (Lipinski definition) is 1. The molecule has 0 bridgehead atoms. The molecular weight excluding hydrogens is 302 g/mol. The number of halogens is 2. The lowest BCUT2D eigenvalue weighted by molar-refractivity contribution is -0.0450. The van der Waals surface area contributed by atoms with Crippen LogP contribution >= 0.6 is 0 Å². The van der Waals surface area contributed by atoms with Gasteiger partial charge in [-0.25, -0.2) is 13.6 Å². The predicted octanol–water partition coefficient (Wildman–Crippen LogP) is 3.65. The highest BCUT2D eigenvalue weighted by atomic mass is 19.3. The van der Waals surface area contributed by atoms with Gasteiger partial charge in [-0.1, -0.05) is 6.58 Å². The number of alkyl halides is 2. The van der Waals surface area contributed by atoms with Crippen LogP contribution in [0.2, 0.25) is 0 Å². The summed E-state index contributed by atoms with van der Waals surface area (Å²) >= 11 is 0. The summed E-state index contributed by atoms with van der Waals surface area (Å²) in [4.78, 5) is 13.3.